The average Bonchev–Trinajstić information content (AvgIpc) is 2.90. The third-order valence-electron chi connectivity index (χ3n) is 5.14. The second-order valence-corrected chi connectivity index (χ2v) is 7.01. The van der Waals surface area contributed by atoms with Crippen molar-refractivity contribution in [1.82, 2.24) is 19.7 Å². The van der Waals surface area contributed by atoms with Gasteiger partial charge in [0.05, 0.1) is 5.92 Å². The number of rotatable bonds is 4. The normalized spacial score (nSPS) is 26.1. The fraction of sp³-hybridized carbons (Fsp3) is 0.812. The Labute approximate surface area is 131 Å². The Balaban J connectivity index is 1.66. The van der Waals surface area contributed by atoms with Crippen LogP contribution in [0.2, 0.25) is 0 Å². The van der Waals surface area contributed by atoms with Crippen molar-refractivity contribution in [3.8, 4) is 0 Å². The molecule has 0 aliphatic carbocycles. The number of fused-ring (bicyclic) bond motifs is 1. The van der Waals surface area contributed by atoms with E-state index >= 15 is 0 Å². The predicted octanol–water partition coefficient (Wildman–Crippen LogP) is 1.59. The Hall–Kier alpha value is -1.43. The van der Waals surface area contributed by atoms with Crippen LogP contribution in [0, 0.1) is 11.8 Å². The molecule has 1 N–H and O–H groups in total. The Bertz CT molecular complexity index is 540. The van der Waals surface area contributed by atoms with Crippen LogP contribution >= 0.6 is 0 Å². The van der Waals surface area contributed by atoms with E-state index in [2.05, 4.69) is 33.5 Å². The fourth-order valence-electron chi connectivity index (χ4n) is 3.74. The Morgan fingerprint density at radius 1 is 1.32 bits per heavy atom. The van der Waals surface area contributed by atoms with E-state index in [-0.39, 0.29) is 5.92 Å². The van der Waals surface area contributed by atoms with E-state index < -0.39 is 5.97 Å². The van der Waals surface area contributed by atoms with Crippen LogP contribution in [0.15, 0.2) is 0 Å². The standard InChI is InChI=1S/C16H26N4O2/c1-11(2)19-6-3-4-12(10-19)8-14-17-18-15-9-13(16(21)22)5-7-20(14)15/h11-13H,3-10H2,1-2H3,(H,21,22). The van der Waals surface area contributed by atoms with E-state index in [9.17, 15) is 4.79 Å². The molecule has 1 fully saturated rings. The van der Waals surface area contributed by atoms with Crippen LogP contribution in [0.1, 0.15) is 44.8 Å². The van der Waals surface area contributed by atoms with E-state index in [0.29, 0.717) is 24.8 Å². The first-order valence-electron chi connectivity index (χ1n) is 8.42. The minimum absolute atomic E-state index is 0.296. The summed E-state index contributed by atoms with van der Waals surface area (Å²) in [6, 6.07) is 0.603. The molecule has 2 atom stereocenters. The lowest BCUT2D eigenvalue weighted by atomic mass is 9.93. The molecule has 2 aliphatic rings. The molecule has 122 valence electrons. The van der Waals surface area contributed by atoms with Gasteiger partial charge in [-0.1, -0.05) is 0 Å². The number of hydrogen-bond donors (Lipinski definition) is 1. The third kappa shape index (κ3) is 3.16. The van der Waals surface area contributed by atoms with Gasteiger partial charge in [-0.2, -0.15) is 0 Å². The lowest BCUT2D eigenvalue weighted by molar-refractivity contribution is -0.142. The molecule has 1 aromatic heterocycles. The minimum atomic E-state index is -0.712. The van der Waals surface area contributed by atoms with Gasteiger partial charge in [0.2, 0.25) is 0 Å². The summed E-state index contributed by atoms with van der Waals surface area (Å²) in [6.45, 7) is 7.60. The fourth-order valence-corrected chi connectivity index (χ4v) is 3.74. The molecule has 2 aliphatic heterocycles. The highest BCUT2D eigenvalue weighted by atomic mass is 16.4. The highest BCUT2D eigenvalue weighted by molar-refractivity contribution is 5.70. The van der Waals surface area contributed by atoms with E-state index in [1.165, 1.54) is 19.4 Å². The van der Waals surface area contributed by atoms with Crippen molar-refractivity contribution >= 4 is 5.97 Å². The Morgan fingerprint density at radius 2 is 2.14 bits per heavy atom. The Morgan fingerprint density at radius 3 is 2.86 bits per heavy atom. The molecule has 1 aromatic rings. The van der Waals surface area contributed by atoms with Crippen molar-refractivity contribution < 1.29 is 9.90 Å². The minimum Gasteiger partial charge on any atom is -0.481 e. The van der Waals surface area contributed by atoms with Gasteiger partial charge in [-0.3, -0.25) is 4.79 Å². The zero-order valence-electron chi connectivity index (χ0n) is 13.5. The van der Waals surface area contributed by atoms with Crippen LogP contribution in [0.4, 0.5) is 0 Å². The van der Waals surface area contributed by atoms with Crippen LogP contribution in [-0.4, -0.2) is 49.9 Å². The SMILES string of the molecule is CC(C)N1CCCC(Cc2nnc3n2CCC(C(=O)O)C3)C1. The highest BCUT2D eigenvalue weighted by Gasteiger charge is 2.29. The summed E-state index contributed by atoms with van der Waals surface area (Å²) in [5.41, 5.74) is 0. The molecule has 2 unspecified atom stereocenters. The molecule has 6 heteroatoms. The van der Waals surface area contributed by atoms with Gasteiger partial charge in [0.25, 0.3) is 0 Å². The number of carboxylic acids is 1. The topological polar surface area (TPSA) is 71.2 Å². The summed E-state index contributed by atoms with van der Waals surface area (Å²) in [6.07, 6.45) is 4.68. The molecular formula is C16H26N4O2. The first kappa shape index (κ1) is 15.5. The van der Waals surface area contributed by atoms with Gasteiger partial charge in [0.1, 0.15) is 11.6 Å². The third-order valence-corrected chi connectivity index (χ3v) is 5.14. The van der Waals surface area contributed by atoms with Gasteiger partial charge >= 0.3 is 5.97 Å². The van der Waals surface area contributed by atoms with E-state index in [1.807, 2.05) is 0 Å². The van der Waals surface area contributed by atoms with Crippen LogP contribution in [-0.2, 0) is 24.2 Å². The van der Waals surface area contributed by atoms with E-state index in [0.717, 1.165) is 31.2 Å². The second-order valence-electron chi connectivity index (χ2n) is 7.01. The van der Waals surface area contributed by atoms with Crippen molar-refractivity contribution in [1.29, 1.82) is 0 Å². The maximum Gasteiger partial charge on any atom is 0.307 e. The van der Waals surface area contributed by atoms with Crippen molar-refractivity contribution in [3.05, 3.63) is 11.6 Å². The van der Waals surface area contributed by atoms with Gasteiger partial charge in [-0.25, -0.2) is 0 Å². The van der Waals surface area contributed by atoms with Gasteiger partial charge in [0.15, 0.2) is 0 Å². The molecule has 1 saturated heterocycles. The first-order chi connectivity index (χ1) is 10.5. The molecule has 0 aromatic carbocycles. The molecule has 0 bridgehead atoms. The van der Waals surface area contributed by atoms with Gasteiger partial charge in [0, 0.05) is 32.0 Å². The molecule has 0 radical (unpaired) electrons. The van der Waals surface area contributed by atoms with Gasteiger partial charge < -0.3 is 14.6 Å². The number of hydrogen-bond acceptors (Lipinski definition) is 4. The number of likely N-dealkylation sites (tertiary alicyclic amines) is 1. The average molecular weight is 306 g/mol. The van der Waals surface area contributed by atoms with Crippen LogP contribution in [0.3, 0.4) is 0 Å². The monoisotopic (exact) mass is 306 g/mol. The van der Waals surface area contributed by atoms with E-state index in [4.69, 9.17) is 5.11 Å². The lowest BCUT2D eigenvalue weighted by Gasteiger charge is -2.35. The summed E-state index contributed by atoms with van der Waals surface area (Å²) >= 11 is 0. The zero-order valence-corrected chi connectivity index (χ0v) is 13.5. The smallest absolute Gasteiger partial charge is 0.307 e. The maximum absolute atomic E-state index is 11.1. The van der Waals surface area contributed by atoms with Gasteiger partial charge in [-0.15, -0.1) is 10.2 Å². The molecule has 0 amide bonds. The molecule has 0 spiro atoms. The van der Waals surface area contributed by atoms with Gasteiger partial charge in [-0.05, 0) is 45.6 Å². The quantitative estimate of drug-likeness (QED) is 0.914. The summed E-state index contributed by atoms with van der Waals surface area (Å²) < 4.78 is 2.16. The number of aliphatic carboxylic acids is 1. The summed E-state index contributed by atoms with van der Waals surface area (Å²) in [5, 5.41) is 17.8. The van der Waals surface area contributed by atoms with Crippen LogP contribution in [0.25, 0.3) is 0 Å². The van der Waals surface area contributed by atoms with Crippen LogP contribution < -0.4 is 0 Å². The van der Waals surface area contributed by atoms with Crippen molar-refractivity contribution in [2.75, 3.05) is 13.1 Å². The highest BCUT2D eigenvalue weighted by Crippen LogP contribution is 2.25. The Kier molecular flexibility index (Phi) is 4.47. The van der Waals surface area contributed by atoms with Crippen molar-refractivity contribution in [2.45, 2.75) is 58.5 Å². The van der Waals surface area contributed by atoms with E-state index in [1.54, 1.807) is 0 Å². The molecule has 22 heavy (non-hydrogen) atoms. The van der Waals surface area contributed by atoms with Crippen LogP contribution in [0.5, 0.6) is 0 Å². The largest absolute Gasteiger partial charge is 0.481 e. The number of aromatic nitrogens is 3. The number of carboxylic acid groups (broad SMARTS) is 1. The molecule has 3 heterocycles. The summed E-state index contributed by atoms with van der Waals surface area (Å²) in [7, 11) is 0. The first-order valence-corrected chi connectivity index (χ1v) is 8.42. The number of carbonyl (C=O) groups is 1. The lowest BCUT2D eigenvalue weighted by Crippen LogP contribution is -2.40. The predicted molar refractivity (Wildman–Crippen MR) is 82.6 cm³/mol. The molecular weight excluding hydrogens is 280 g/mol. The van der Waals surface area contributed by atoms with Crippen molar-refractivity contribution in [3.63, 3.8) is 0 Å². The second kappa shape index (κ2) is 6.36. The molecule has 6 nitrogen and oxygen atoms in total. The summed E-state index contributed by atoms with van der Waals surface area (Å²) in [4.78, 5) is 13.7. The maximum atomic E-state index is 11.1. The number of nitrogens with zero attached hydrogens (tertiary/aromatic N) is 4. The molecule has 0 saturated carbocycles. The molecule has 3 rings (SSSR count). The summed E-state index contributed by atoms with van der Waals surface area (Å²) in [5.74, 6) is 1.53. The van der Waals surface area contributed by atoms with Crippen molar-refractivity contribution in [2.24, 2.45) is 11.8 Å². The number of piperidine rings is 1. The zero-order chi connectivity index (χ0) is 15.7.